The number of hydrogen-bond acceptors (Lipinski definition) is 4. The molecule has 0 radical (unpaired) electrons. The fourth-order valence-corrected chi connectivity index (χ4v) is 4.94. The van der Waals surface area contributed by atoms with E-state index in [-0.39, 0.29) is 5.91 Å². The summed E-state index contributed by atoms with van der Waals surface area (Å²) in [7, 11) is 0. The summed E-state index contributed by atoms with van der Waals surface area (Å²) in [4.78, 5) is 24.4. The minimum atomic E-state index is -0.0485. The molecule has 0 fully saturated rings. The lowest BCUT2D eigenvalue weighted by Gasteiger charge is -2.21. The van der Waals surface area contributed by atoms with Crippen LogP contribution in [0.1, 0.15) is 16.8 Å². The molecule has 2 heterocycles. The van der Waals surface area contributed by atoms with Crippen molar-refractivity contribution in [3.05, 3.63) is 90.0 Å². The first-order valence-corrected chi connectivity index (χ1v) is 11.2. The number of thiazole rings is 1. The van der Waals surface area contributed by atoms with Crippen LogP contribution in [-0.4, -0.2) is 27.0 Å². The molecule has 31 heavy (non-hydrogen) atoms. The van der Waals surface area contributed by atoms with Gasteiger partial charge in [0.2, 0.25) is 0 Å². The topological polar surface area (TPSA) is 51.0 Å². The molecule has 2 aromatic heterocycles. The van der Waals surface area contributed by atoms with E-state index in [0.717, 1.165) is 34.0 Å². The van der Waals surface area contributed by atoms with E-state index in [2.05, 4.69) is 4.98 Å². The zero-order valence-corrected chi connectivity index (χ0v) is 18.2. The van der Waals surface area contributed by atoms with Gasteiger partial charge in [0, 0.05) is 36.1 Å². The average molecular weight is 447 g/mol. The number of fused-ring (bicyclic) bond motifs is 2. The highest BCUT2D eigenvalue weighted by Crippen LogP contribution is 2.32. The molecule has 0 saturated heterocycles. The number of aromatic nitrogens is 3. The van der Waals surface area contributed by atoms with Crippen LogP contribution in [0.4, 0.5) is 5.13 Å². The van der Waals surface area contributed by atoms with Crippen molar-refractivity contribution in [2.75, 3.05) is 11.4 Å². The number of nitrogens with zero attached hydrogens (tertiary/aromatic N) is 4. The van der Waals surface area contributed by atoms with Gasteiger partial charge in [-0.2, -0.15) is 0 Å². The molecule has 5 rings (SSSR count). The molecule has 3 aromatic carbocycles. The van der Waals surface area contributed by atoms with Gasteiger partial charge >= 0.3 is 0 Å². The summed E-state index contributed by atoms with van der Waals surface area (Å²) in [5.41, 5.74) is 1.52. The van der Waals surface area contributed by atoms with Crippen molar-refractivity contribution in [1.82, 2.24) is 14.5 Å². The smallest absolute Gasteiger partial charge is 0.260 e. The van der Waals surface area contributed by atoms with Crippen molar-refractivity contribution in [1.29, 1.82) is 0 Å². The number of rotatable bonds is 6. The summed E-state index contributed by atoms with van der Waals surface area (Å²) >= 11 is 7.65. The van der Waals surface area contributed by atoms with E-state index in [1.165, 1.54) is 11.3 Å². The summed E-state index contributed by atoms with van der Waals surface area (Å²) in [5, 5.41) is 3.33. The van der Waals surface area contributed by atoms with Crippen molar-refractivity contribution in [2.24, 2.45) is 0 Å². The first kappa shape index (κ1) is 19.7. The van der Waals surface area contributed by atoms with E-state index in [4.69, 9.17) is 16.6 Å². The van der Waals surface area contributed by atoms with Gasteiger partial charge in [-0.25, -0.2) is 9.97 Å². The van der Waals surface area contributed by atoms with Gasteiger partial charge in [0.15, 0.2) is 5.13 Å². The van der Waals surface area contributed by atoms with Gasteiger partial charge in [-0.15, -0.1) is 0 Å². The van der Waals surface area contributed by atoms with E-state index < -0.39 is 0 Å². The van der Waals surface area contributed by atoms with Crippen LogP contribution in [0.3, 0.4) is 0 Å². The fraction of sp³-hybridized carbons (Fsp3) is 0.125. The third kappa shape index (κ3) is 4.04. The van der Waals surface area contributed by atoms with Crippen LogP contribution in [0.5, 0.6) is 0 Å². The third-order valence-electron chi connectivity index (χ3n) is 5.19. The van der Waals surface area contributed by atoms with E-state index in [1.807, 2.05) is 71.4 Å². The SMILES string of the molecule is O=C(c1cccc2ccccc12)N(CCCn1ccnc1)c1nc2ccc(Cl)cc2s1. The second-order valence-corrected chi connectivity index (χ2v) is 8.69. The van der Waals surface area contributed by atoms with Crippen LogP contribution in [0.25, 0.3) is 21.0 Å². The van der Waals surface area contributed by atoms with Gasteiger partial charge in [0.25, 0.3) is 5.91 Å². The molecular weight excluding hydrogens is 428 g/mol. The average Bonchev–Trinajstić information content (AvgIpc) is 3.45. The zero-order chi connectivity index (χ0) is 21.2. The minimum Gasteiger partial charge on any atom is -0.337 e. The molecule has 7 heteroatoms. The van der Waals surface area contributed by atoms with E-state index >= 15 is 0 Å². The van der Waals surface area contributed by atoms with Crippen LogP contribution in [-0.2, 0) is 6.54 Å². The number of anilines is 1. The molecule has 154 valence electrons. The number of benzene rings is 3. The molecule has 5 nitrogen and oxygen atoms in total. The van der Waals surface area contributed by atoms with Crippen LogP contribution < -0.4 is 4.90 Å². The molecule has 0 aliphatic carbocycles. The van der Waals surface area contributed by atoms with Crippen molar-refractivity contribution in [3.63, 3.8) is 0 Å². The Morgan fingerprint density at radius 1 is 1.10 bits per heavy atom. The Morgan fingerprint density at radius 3 is 2.84 bits per heavy atom. The number of hydrogen-bond donors (Lipinski definition) is 0. The molecular formula is C24H19ClN4OS. The molecule has 0 unspecified atom stereocenters. The Hall–Kier alpha value is -3.22. The molecule has 0 aliphatic heterocycles. The Balaban J connectivity index is 1.52. The van der Waals surface area contributed by atoms with Crippen LogP contribution in [0.2, 0.25) is 5.02 Å². The maximum absolute atomic E-state index is 13.7. The van der Waals surface area contributed by atoms with Gasteiger partial charge in [-0.05, 0) is 41.5 Å². The van der Waals surface area contributed by atoms with Gasteiger partial charge in [-0.3, -0.25) is 9.69 Å². The van der Waals surface area contributed by atoms with Crippen molar-refractivity contribution >= 4 is 55.0 Å². The maximum atomic E-state index is 13.7. The summed E-state index contributed by atoms with van der Waals surface area (Å²) < 4.78 is 2.98. The lowest BCUT2D eigenvalue weighted by Crippen LogP contribution is -2.32. The Kier molecular flexibility index (Phi) is 5.40. The summed E-state index contributed by atoms with van der Waals surface area (Å²) in [6, 6.07) is 19.4. The fourth-order valence-electron chi connectivity index (χ4n) is 3.67. The first-order valence-electron chi connectivity index (χ1n) is 10.0. The Morgan fingerprint density at radius 2 is 1.97 bits per heavy atom. The number of aryl methyl sites for hydroxylation is 1. The minimum absolute atomic E-state index is 0.0485. The molecule has 5 aromatic rings. The highest BCUT2D eigenvalue weighted by molar-refractivity contribution is 7.22. The largest absolute Gasteiger partial charge is 0.337 e. The number of amides is 1. The summed E-state index contributed by atoms with van der Waals surface area (Å²) in [6.45, 7) is 1.32. The molecule has 1 amide bonds. The lowest BCUT2D eigenvalue weighted by molar-refractivity contribution is 0.0988. The van der Waals surface area contributed by atoms with Crippen molar-refractivity contribution in [2.45, 2.75) is 13.0 Å². The monoisotopic (exact) mass is 446 g/mol. The molecule has 0 spiro atoms. The lowest BCUT2D eigenvalue weighted by atomic mass is 10.0. The van der Waals surface area contributed by atoms with Crippen LogP contribution in [0.15, 0.2) is 79.4 Å². The maximum Gasteiger partial charge on any atom is 0.260 e. The van der Waals surface area contributed by atoms with Gasteiger partial charge in [0.05, 0.1) is 16.5 Å². The second kappa shape index (κ2) is 8.49. The number of halogens is 1. The van der Waals surface area contributed by atoms with E-state index in [9.17, 15) is 4.79 Å². The normalized spacial score (nSPS) is 11.3. The number of carbonyl (C=O) groups excluding carboxylic acids is 1. The Bertz CT molecular complexity index is 1360. The third-order valence-corrected chi connectivity index (χ3v) is 6.47. The summed E-state index contributed by atoms with van der Waals surface area (Å²) in [6.07, 6.45) is 6.26. The molecule has 0 bridgehead atoms. The highest BCUT2D eigenvalue weighted by Gasteiger charge is 2.22. The van der Waals surface area contributed by atoms with Crippen molar-refractivity contribution in [3.8, 4) is 0 Å². The van der Waals surface area contributed by atoms with Crippen molar-refractivity contribution < 1.29 is 4.79 Å². The standard InChI is InChI=1S/C24H19ClN4OS/c25-18-9-10-21-22(15-18)31-24(27-21)29(13-4-12-28-14-11-26-16-28)23(30)20-8-3-6-17-5-1-2-7-19(17)20/h1-3,5-11,14-16H,4,12-13H2. The zero-order valence-electron chi connectivity index (χ0n) is 16.6. The predicted molar refractivity (Wildman–Crippen MR) is 127 cm³/mol. The van der Waals surface area contributed by atoms with Crippen LogP contribution >= 0.6 is 22.9 Å². The highest BCUT2D eigenvalue weighted by atomic mass is 35.5. The van der Waals surface area contributed by atoms with Gasteiger partial charge in [-0.1, -0.05) is 59.3 Å². The number of imidazole rings is 1. The number of carbonyl (C=O) groups is 1. The molecule has 0 saturated carbocycles. The molecule has 0 aliphatic rings. The summed E-state index contributed by atoms with van der Waals surface area (Å²) in [5.74, 6) is -0.0485. The van der Waals surface area contributed by atoms with Gasteiger partial charge < -0.3 is 4.57 Å². The Labute approximate surface area is 188 Å². The first-order chi connectivity index (χ1) is 15.2. The quantitative estimate of drug-likeness (QED) is 0.319. The van der Waals surface area contributed by atoms with E-state index in [1.54, 1.807) is 17.4 Å². The molecule has 0 N–H and O–H groups in total. The van der Waals surface area contributed by atoms with E-state index in [0.29, 0.717) is 22.3 Å². The van der Waals surface area contributed by atoms with Gasteiger partial charge in [0.1, 0.15) is 0 Å². The molecule has 0 atom stereocenters. The predicted octanol–water partition coefficient (Wildman–Crippen LogP) is 6.04. The second-order valence-electron chi connectivity index (χ2n) is 7.25. The van der Waals surface area contributed by atoms with Crippen LogP contribution in [0, 0.1) is 0 Å².